The number of alkyl halides is 3. The normalized spacial score (nSPS) is 13.9. The van der Waals surface area contributed by atoms with Crippen LogP contribution in [0.5, 0.6) is 5.75 Å². The maximum atomic E-state index is 12.2. The second-order valence-corrected chi connectivity index (χ2v) is 5.16. The predicted molar refractivity (Wildman–Crippen MR) is 79.6 cm³/mol. The molecule has 0 fully saturated rings. The average molecular weight is 326 g/mol. The highest BCUT2D eigenvalue weighted by Crippen LogP contribution is 2.38. The van der Waals surface area contributed by atoms with Crippen LogP contribution in [0.3, 0.4) is 0 Å². The summed E-state index contributed by atoms with van der Waals surface area (Å²) in [5.41, 5.74) is 2.61. The highest BCUT2D eigenvalue weighted by molar-refractivity contribution is 6.33. The van der Waals surface area contributed by atoms with E-state index in [4.69, 9.17) is 11.6 Å². The van der Waals surface area contributed by atoms with Crippen molar-refractivity contribution in [2.45, 2.75) is 12.8 Å². The Hall–Kier alpha value is -2.14. The van der Waals surface area contributed by atoms with Gasteiger partial charge in [-0.25, -0.2) is 0 Å². The van der Waals surface area contributed by atoms with Gasteiger partial charge in [-0.05, 0) is 42.3 Å². The molecular formula is C16H11ClF3NO. The Bertz CT molecular complexity index is 710. The molecule has 1 aliphatic rings. The van der Waals surface area contributed by atoms with Crippen molar-refractivity contribution in [2.24, 2.45) is 0 Å². The number of allylic oxidation sites excluding steroid dienone is 1. The smallest absolute Gasteiger partial charge is 0.406 e. The van der Waals surface area contributed by atoms with Crippen LogP contribution in [0.2, 0.25) is 5.02 Å². The van der Waals surface area contributed by atoms with Crippen LogP contribution in [0.4, 0.5) is 24.5 Å². The van der Waals surface area contributed by atoms with E-state index in [-0.39, 0.29) is 5.75 Å². The van der Waals surface area contributed by atoms with Gasteiger partial charge in [-0.2, -0.15) is 0 Å². The summed E-state index contributed by atoms with van der Waals surface area (Å²) in [6.07, 6.45) is -0.100. The third-order valence-corrected chi connectivity index (χ3v) is 3.56. The number of benzene rings is 2. The SMILES string of the molecule is FC(F)(F)Oc1ccc(N2C=CCc3cccc(Cl)c32)cc1. The fraction of sp³-hybridized carbons (Fsp3) is 0.125. The van der Waals surface area contributed by atoms with Crippen molar-refractivity contribution in [1.82, 2.24) is 0 Å². The van der Waals surface area contributed by atoms with E-state index in [1.165, 1.54) is 12.1 Å². The van der Waals surface area contributed by atoms with Crippen molar-refractivity contribution in [1.29, 1.82) is 0 Å². The Morgan fingerprint density at radius 1 is 1.05 bits per heavy atom. The van der Waals surface area contributed by atoms with E-state index in [9.17, 15) is 13.2 Å². The van der Waals surface area contributed by atoms with Gasteiger partial charge in [0, 0.05) is 11.9 Å². The number of rotatable bonds is 2. The van der Waals surface area contributed by atoms with Crippen molar-refractivity contribution >= 4 is 23.0 Å². The fourth-order valence-corrected chi connectivity index (χ4v) is 2.66. The number of ether oxygens (including phenoxy) is 1. The van der Waals surface area contributed by atoms with Crippen LogP contribution < -0.4 is 9.64 Å². The number of nitrogens with zero attached hydrogens (tertiary/aromatic N) is 1. The van der Waals surface area contributed by atoms with E-state index in [2.05, 4.69) is 4.74 Å². The molecule has 3 rings (SSSR count). The minimum absolute atomic E-state index is 0.253. The first-order chi connectivity index (χ1) is 10.4. The molecule has 0 spiro atoms. The number of halogens is 4. The summed E-state index contributed by atoms with van der Waals surface area (Å²) in [5, 5.41) is 0.595. The zero-order chi connectivity index (χ0) is 15.7. The van der Waals surface area contributed by atoms with Crippen LogP contribution in [0, 0.1) is 0 Å². The molecular weight excluding hydrogens is 315 g/mol. The van der Waals surface area contributed by atoms with Gasteiger partial charge >= 0.3 is 6.36 Å². The minimum Gasteiger partial charge on any atom is -0.406 e. The Morgan fingerprint density at radius 2 is 1.77 bits per heavy atom. The topological polar surface area (TPSA) is 12.5 Å². The van der Waals surface area contributed by atoms with Crippen molar-refractivity contribution in [2.75, 3.05) is 4.90 Å². The Balaban J connectivity index is 1.92. The summed E-state index contributed by atoms with van der Waals surface area (Å²) in [7, 11) is 0. The number of para-hydroxylation sites is 1. The van der Waals surface area contributed by atoms with Crippen molar-refractivity contribution in [3.05, 3.63) is 65.3 Å². The minimum atomic E-state index is -4.69. The molecule has 114 valence electrons. The summed E-state index contributed by atoms with van der Waals surface area (Å²) in [4.78, 5) is 1.85. The maximum absolute atomic E-state index is 12.2. The van der Waals surface area contributed by atoms with Gasteiger partial charge in [-0.1, -0.05) is 29.8 Å². The van der Waals surface area contributed by atoms with E-state index < -0.39 is 6.36 Å². The molecule has 0 aromatic heterocycles. The number of fused-ring (bicyclic) bond motifs is 1. The lowest BCUT2D eigenvalue weighted by Gasteiger charge is -2.27. The van der Waals surface area contributed by atoms with Gasteiger partial charge in [0.15, 0.2) is 0 Å². The van der Waals surface area contributed by atoms with Crippen LogP contribution in [-0.4, -0.2) is 6.36 Å². The van der Waals surface area contributed by atoms with Crippen molar-refractivity contribution < 1.29 is 17.9 Å². The first-order valence-corrected chi connectivity index (χ1v) is 6.91. The standard InChI is InChI=1S/C16H11ClF3NO/c17-14-5-1-3-11-4-2-10-21(15(11)14)12-6-8-13(9-7-12)22-16(18,19)20/h1-3,5-10H,4H2. The summed E-state index contributed by atoms with van der Waals surface area (Å²) < 4.78 is 40.4. The summed E-state index contributed by atoms with van der Waals surface area (Å²) in [6, 6.07) is 11.3. The highest BCUT2D eigenvalue weighted by atomic mass is 35.5. The molecule has 2 nitrogen and oxygen atoms in total. The van der Waals surface area contributed by atoms with Gasteiger partial charge in [-0.3, -0.25) is 0 Å². The van der Waals surface area contributed by atoms with Crippen LogP contribution in [-0.2, 0) is 6.42 Å². The molecule has 1 heterocycles. The molecule has 1 aliphatic heterocycles. The number of anilines is 2. The number of hydrogen-bond donors (Lipinski definition) is 0. The Labute approximate surface area is 130 Å². The molecule has 0 aliphatic carbocycles. The molecule has 0 bridgehead atoms. The summed E-state index contributed by atoms with van der Waals surface area (Å²) in [6.45, 7) is 0. The molecule has 0 unspecified atom stereocenters. The zero-order valence-electron chi connectivity index (χ0n) is 11.3. The van der Waals surface area contributed by atoms with Crippen LogP contribution in [0.15, 0.2) is 54.7 Å². The molecule has 0 amide bonds. The monoisotopic (exact) mass is 325 g/mol. The van der Waals surface area contributed by atoms with Gasteiger partial charge in [0.1, 0.15) is 5.75 Å². The van der Waals surface area contributed by atoms with E-state index in [1.807, 2.05) is 29.3 Å². The lowest BCUT2D eigenvalue weighted by atomic mass is 10.0. The molecule has 0 radical (unpaired) electrons. The van der Waals surface area contributed by atoms with Crippen molar-refractivity contribution in [3.63, 3.8) is 0 Å². The Kier molecular flexibility index (Phi) is 3.74. The molecule has 6 heteroatoms. The van der Waals surface area contributed by atoms with E-state index in [0.717, 1.165) is 17.7 Å². The third-order valence-electron chi connectivity index (χ3n) is 3.25. The van der Waals surface area contributed by atoms with Gasteiger partial charge in [0.2, 0.25) is 0 Å². The fourth-order valence-electron chi connectivity index (χ4n) is 2.38. The van der Waals surface area contributed by atoms with Gasteiger partial charge in [0.05, 0.1) is 10.7 Å². The molecule has 2 aromatic rings. The zero-order valence-corrected chi connectivity index (χ0v) is 12.0. The second-order valence-electron chi connectivity index (χ2n) is 4.75. The number of hydrogen-bond acceptors (Lipinski definition) is 2. The van der Waals surface area contributed by atoms with Gasteiger partial charge in [-0.15, -0.1) is 13.2 Å². The van der Waals surface area contributed by atoms with Gasteiger partial charge in [0.25, 0.3) is 0 Å². The quantitative estimate of drug-likeness (QED) is 0.728. The molecule has 0 saturated heterocycles. The predicted octanol–water partition coefficient (Wildman–Crippen LogP) is 5.45. The largest absolute Gasteiger partial charge is 0.573 e. The molecule has 22 heavy (non-hydrogen) atoms. The van der Waals surface area contributed by atoms with Crippen molar-refractivity contribution in [3.8, 4) is 5.75 Å². The van der Waals surface area contributed by atoms with E-state index >= 15 is 0 Å². The van der Waals surface area contributed by atoms with Crippen LogP contribution in [0.25, 0.3) is 0 Å². The lowest BCUT2D eigenvalue weighted by Crippen LogP contribution is -2.17. The highest BCUT2D eigenvalue weighted by Gasteiger charge is 2.31. The van der Waals surface area contributed by atoms with Crippen LogP contribution in [0.1, 0.15) is 5.56 Å². The van der Waals surface area contributed by atoms with Gasteiger partial charge < -0.3 is 9.64 Å². The molecule has 0 N–H and O–H groups in total. The molecule has 2 aromatic carbocycles. The first-order valence-electron chi connectivity index (χ1n) is 6.53. The molecule has 0 saturated carbocycles. The Morgan fingerprint density at radius 3 is 2.45 bits per heavy atom. The maximum Gasteiger partial charge on any atom is 0.573 e. The first kappa shape index (κ1) is 14.8. The second kappa shape index (κ2) is 5.57. The van der Waals surface area contributed by atoms with E-state index in [1.54, 1.807) is 18.2 Å². The van der Waals surface area contributed by atoms with Crippen LogP contribution >= 0.6 is 11.6 Å². The average Bonchev–Trinajstić information content (AvgIpc) is 2.46. The lowest BCUT2D eigenvalue weighted by molar-refractivity contribution is -0.274. The summed E-state index contributed by atoms with van der Waals surface area (Å²) in [5.74, 6) is -0.253. The molecule has 0 atom stereocenters. The van der Waals surface area contributed by atoms with E-state index in [0.29, 0.717) is 10.7 Å². The third kappa shape index (κ3) is 3.04. The summed E-state index contributed by atoms with van der Waals surface area (Å²) >= 11 is 6.26.